The second-order valence-electron chi connectivity index (χ2n) is 4.29. The van der Waals surface area contributed by atoms with Crippen LogP contribution in [0.3, 0.4) is 0 Å². The molecule has 0 saturated heterocycles. The Balaban J connectivity index is 3.05. The smallest absolute Gasteiger partial charge is 0.241 e. The Morgan fingerprint density at radius 3 is 2.58 bits per heavy atom. The molecule has 0 aliphatic carbocycles. The molecular formula is C11H17FN2O3S2. The number of benzene rings is 1. The molecule has 1 aromatic carbocycles. The molecule has 5 nitrogen and oxygen atoms in total. The van der Waals surface area contributed by atoms with Gasteiger partial charge >= 0.3 is 0 Å². The summed E-state index contributed by atoms with van der Waals surface area (Å²) >= 11 is 0. The monoisotopic (exact) mass is 308 g/mol. The highest BCUT2D eigenvalue weighted by Gasteiger charge is 2.21. The summed E-state index contributed by atoms with van der Waals surface area (Å²) < 4.78 is 51.1. The molecule has 0 bridgehead atoms. The minimum atomic E-state index is -3.87. The number of hydrogen-bond donors (Lipinski definition) is 2. The van der Waals surface area contributed by atoms with E-state index in [0.29, 0.717) is 0 Å². The van der Waals surface area contributed by atoms with Gasteiger partial charge in [0.2, 0.25) is 10.0 Å². The fourth-order valence-corrected chi connectivity index (χ4v) is 3.22. The summed E-state index contributed by atoms with van der Waals surface area (Å²) in [4.78, 5) is -0.195. The highest BCUT2D eigenvalue weighted by Crippen LogP contribution is 2.21. The largest absolute Gasteiger partial charge is 0.399 e. The van der Waals surface area contributed by atoms with Crippen molar-refractivity contribution < 1.29 is 17.0 Å². The lowest BCUT2D eigenvalue weighted by Gasteiger charge is -2.13. The fourth-order valence-electron chi connectivity index (χ4n) is 1.37. The second kappa shape index (κ2) is 5.98. The number of hydrogen-bond acceptors (Lipinski definition) is 4. The van der Waals surface area contributed by atoms with Crippen LogP contribution in [0.4, 0.5) is 10.1 Å². The maximum atomic E-state index is 13.5. The Bertz CT molecular complexity index is 602. The van der Waals surface area contributed by atoms with E-state index in [-0.39, 0.29) is 27.9 Å². The summed E-state index contributed by atoms with van der Waals surface area (Å²) in [5, 5.41) is -0.332. The first-order valence-corrected chi connectivity index (χ1v) is 8.63. The molecule has 0 saturated carbocycles. The lowest BCUT2D eigenvalue weighted by Crippen LogP contribution is -2.33. The molecule has 0 aromatic heterocycles. The summed E-state index contributed by atoms with van der Waals surface area (Å²) in [6, 6.07) is 2.27. The first kappa shape index (κ1) is 16.1. The molecule has 2 unspecified atom stereocenters. The predicted molar refractivity (Wildman–Crippen MR) is 74.3 cm³/mol. The zero-order valence-electron chi connectivity index (χ0n) is 10.9. The van der Waals surface area contributed by atoms with Gasteiger partial charge in [-0.3, -0.25) is 4.21 Å². The van der Waals surface area contributed by atoms with Crippen molar-refractivity contribution in [2.75, 3.05) is 18.5 Å². The molecule has 0 amide bonds. The standard InChI is InChI=1S/C11H17FN2O3S2/c1-7(18(3)15)6-14-19(16,17)11-5-9(13)4-10(12)8(11)2/h4-5,7,14H,6,13H2,1-3H3. The van der Waals surface area contributed by atoms with Crippen LogP contribution in [0.1, 0.15) is 12.5 Å². The quantitative estimate of drug-likeness (QED) is 0.786. The molecule has 108 valence electrons. The van der Waals surface area contributed by atoms with E-state index >= 15 is 0 Å². The van der Waals surface area contributed by atoms with Gasteiger partial charge in [-0.15, -0.1) is 0 Å². The second-order valence-corrected chi connectivity index (χ2v) is 7.82. The molecule has 0 radical (unpaired) electrons. The zero-order chi connectivity index (χ0) is 14.8. The van der Waals surface area contributed by atoms with E-state index < -0.39 is 26.6 Å². The molecule has 0 heterocycles. The lowest BCUT2D eigenvalue weighted by atomic mass is 10.2. The van der Waals surface area contributed by atoms with Crippen molar-refractivity contribution in [3.05, 3.63) is 23.5 Å². The van der Waals surface area contributed by atoms with E-state index in [0.717, 1.165) is 6.07 Å². The van der Waals surface area contributed by atoms with Crippen molar-refractivity contribution in [2.45, 2.75) is 24.0 Å². The van der Waals surface area contributed by atoms with Gasteiger partial charge in [0.05, 0.1) is 4.90 Å². The Labute approximate surface area is 114 Å². The van der Waals surface area contributed by atoms with E-state index in [9.17, 15) is 17.0 Å². The number of nitrogen functional groups attached to an aromatic ring is 1. The Morgan fingerprint density at radius 2 is 2.05 bits per heavy atom. The van der Waals surface area contributed by atoms with Crippen LogP contribution in [0, 0.1) is 12.7 Å². The number of halogens is 1. The number of rotatable bonds is 5. The van der Waals surface area contributed by atoms with Crippen LogP contribution in [-0.4, -0.2) is 30.7 Å². The first-order chi connectivity index (χ1) is 8.65. The third-order valence-electron chi connectivity index (χ3n) is 2.74. The Morgan fingerprint density at radius 1 is 1.47 bits per heavy atom. The SMILES string of the molecule is Cc1c(F)cc(N)cc1S(=O)(=O)NCC(C)S(C)=O. The molecule has 0 aliphatic rings. The van der Waals surface area contributed by atoms with Crippen LogP contribution in [0.15, 0.2) is 17.0 Å². The van der Waals surface area contributed by atoms with Crippen molar-refractivity contribution in [3.8, 4) is 0 Å². The lowest BCUT2D eigenvalue weighted by molar-refractivity contribution is 0.574. The fraction of sp³-hybridized carbons (Fsp3) is 0.455. The minimum absolute atomic E-state index is 0.00646. The number of nitrogens with one attached hydrogen (secondary N) is 1. The summed E-state index contributed by atoms with van der Waals surface area (Å²) in [6.45, 7) is 3.04. The van der Waals surface area contributed by atoms with Crippen LogP contribution in [0.2, 0.25) is 0 Å². The average Bonchev–Trinajstić information content (AvgIpc) is 2.30. The molecule has 3 N–H and O–H groups in total. The third-order valence-corrected chi connectivity index (χ3v) is 5.59. The molecule has 2 atom stereocenters. The highest BCUT2D eigenvalue weighted by atomic mass is 32.2. The zero-order valence-corrected chi connectivity index (χ0v) is 12.6. The summed E-state index contributed by atoms with van der Waals surface area (Å²) in [6.07, 6.45) is 1.49. The van der Waals surface area contributed by atoms with E-state index in [1.54, 1.807) is 6.92 Å². The normalized spacial score (nSPS) is 15.2. The third kappa shape index (κ3) is 3.99. The Kier molecular flexibility index (Phi) is 5.05. The molecule has 19 heavy (non-hydrogen) atoms. The summed E-state index contributed by atoms with van der Waals surface area (Å²) in [7, 11) is -5.01. The molecule has 0 aliphatic heterocycles. The molecule has 0 fully saturated rings. The van der Waals surface area contributed by atoms with E-state index in [2.05, 4.69) is 4.72 Å². The average molecular weight is 308 g/mol. The van der Waals surface area contributed by atoms with Crippen molar-refractivity contribution >= 4 is 26.5 Å². The van der Waals surface area contributed by atoms with Gasteiger partial charge in [-0.25, -0.2) is 17.5 Å². The van der Waals surface area contributed by atoms with Crippen molar-refractivity contribution in [1.82, 2.24) is 4.72 Å². The number of sulfonamides is 1. The van der Waals surface area contributed by atoms with Crippen molar-refractivity contribution in [2.24, 2.45) is 0 Å². The minimum Gasteiger partial charge on any atom is -0.399 e. The van der Waals surface area contributed by atoms with Crippen molar-refractivity contribution in [3.63, 3.8) is 0 Å². The summed E-state index contributed by atoms with van der Waals surface area (Å²) in [5.74, 6) is -0.674. The van der Waals surface area contributed by atoms with Crippen molar-refractivity contribution in [1.29, 1.82) is 0 Å². The van der Waals surface area contributed by atoms with Crippen LogP contribution >= 0.6 is 0 Å². The van der Waals surface area contributed by atoms with Gasteiger partial charge in [-0.1, -0.05) is 0 Å². The number of anilines is 1. The van der Waals surface area contributed by atoms with Gasteiger partial charge in [0.25, 0.3) is 0 Å². The maximum Gasteiger partial charge on any atom is 0.241 e. The molecule has 1 rings (SSSR count). The molecule has 1 aromatic rings. The van der Waals surface area contributed by atoms with Gasteiger partial charge in [0.15, 0.2) is 0 Å². The summed E-state index contributed by atoms with van der Waals surface area (Å²) in [5.41, 5.74) is 5.49. The highest BCUT2D eigenvalue weighted by molar-refractivity contribution is 7.89. The van der Waals surface area contributed by atoms with Crippen LogP contribution in [0.25, 0.3) is 0 Å². The van der Waals surface area contributed by atoms with Gasteiger partial charge in [0, 0.05) is 40.1 Å². The van der Waals surface area contributed by atoms with Crippen LogP contribution in [0.5, 0.6) is 0 Å². The molecule has 8 heteroatoms. The molecule has 0 spiro atoms. The van der Waals surface area contributed by atoms with E-state index in [4.69, 9.17) is 5.73 Å². The van der Waals surface area contributed by atoms with Gasteiger partial charge in [-0.2, -0.15) is 0 Å². The predicted octanol–water partition coefficient (Wildman–Crippen LogP) is 0.762. The Hall–Kier alpha value is -0.990. The maximum absolute atomic E-state index is 13.5. The first-order valence-electron chi connectivity index (χ1n) is 5.52. The molecular weight excluding hydrogens is 291 g/mol. The van der Waals surface area contributed by atoms with Gasteiger partial charge in [-0.05, 0) is 26.0 Å². The van der Waals surface area contributed by atoms with Crippen LogP contribution in [-0.2, 0) is 20.8 Å². The topological polar surface area (TPSA) is 89.3 Å². The van der Waals surface area contributed by atoms with E-state index in [1.165, 1.54) is 19.2 Å². The number of nitrogens with two attached hydrogens (primary N) is 1. The van der Waals surface area contributed by atoms with Crippen LogP contribution < -0.4 is 10.5 Å². The van der Waals surface area contributed by atoms with E-state index in [1.807, 2.05) is 0 Å². The van der Waals surface area contributed by atoms with Gasteiger partial charge in [0.1, 0.15) is 5.82 Å². The van der Waals surface area contributed by atoms with Gasteiger partial charge < -0.3 is 5.73 Å².